The molecule has 0 aliphatic carbocycles. The number of morpholine rings is 1. The Bertz CT molecular complexity index is 324. The molecule has 0 radical (unpaired) electrons. The fourth-order valence-electron chi connectivity index (χ4n) is 2.73. The van der Waals surface area contributed by atoms with Crippen LogP contribution in [0.4, 0.5) is 4.79 Å². The maximum atomic E-state index is 12.3. The Labute approximate surface area is 115 Å². The molecular weight excluding hydrogens is 244 g/mol. The monoisotopic (exact) mass is 270 g/mol. The molecule has 19 heavy (non-hydrogen) atoms. The minimum atomic E-state index is -0.443. The summed E-state index contributed by atoms with van der Waals surface area (Å²) in [5.41, 5.74) is -0.443. The van der Waals surface area contributed by atoms with Crippen molar-refractivity contribution in [3.05, 3.63) is 0 Å². The number of rotatable bonds is 1. The van der Waals surface area contributed by atoms with E-state index in [1.807, 2.05) is 25.7 Å². The lowest BCUT2D eigenvalue weighted by atomic mass is 10.0. The van der Waals surface area contributed by atoms with Crippen molar-refractivity contribution < 1.29 is 14.3 Å². The molecule has 110 valence electrons. The zero-order chi connectivity index (χ0) is 14.2. The van der Waals surface area contributed by atoms with Crippen LogP contribution in [0.1, 0.15) is 34.6 Å². The van der Waals surface area contributed by atoms with Gasteiger partial charge >= 0.3 is 6.09 Å². The van der Waals surface area contributed by atoms with Gasteiger partial charge < -0.3 is 9.47 Å². The van der Waals surface area contributed by atoms with E-state index in [9.17, 15) is 4.79 Å². The summed E-state index contributed by atoms with van der Waals surface area (Å²) >= 11 is 0. The Morgan fingerprint density at radius 1 is 1.21 bits per heavy atom. The maximum absolute atomic E-state index is 12.3. The molecule has 0 spiro atoms. The highest BCUT2D eigenvalue weighted by Gasteiger charge is 2.43. The minimum Gasteiger partial charge on any atom is -0.444 e. The van der Waals surface area contributed by atoms with Gasteiger partial charge in [0.15, 0.2) is 0 Å². The van der Waals surface area contributed by atoms with E-state index in [0.717, 1.165) is 13.1 Å². The number of amides is 1. The molecule has 5 heteroatoms. The lowest BCUT2D eigenvalue weighted by molar-refractivity contribution is -0.102. The highest BCUT2D eigenvalue weighted by Crippen LogP contribution is 2.25. The summed E-state index contributed by atoms with van der Waals surface area (Å²) in [5.74, 6) is 0. The number of fused-ring (bicyclic) bond motifs is 2. The van der Waals surface area contributed by atoms with Crippen molar-refractivity contribution in [1.29, 1.82) is 0 Å². The standard InChI is InChI=1S/C14H26N2O3/c1-10(2)15-6-11-8-18-9-12(7-15)16(11)13(17)19-14(3,4)5/h10-12H,6-9H2,1-5H3. The topological polar surface area (TPSA) is 42.0 Å². The van der Waals surface area contributed by atoms with Crippen LogP contribution < -0.4 is 0 Å². The number of piperazine rings is 1. The van der Waals surface area contributed by atoms with E-state index in [4.69, 9.17) is 9.47 Å². The van der Waals surface area contributed by atoms with Crippen LogP contribution in [0.3, 0.4) is 0 Å². The first kappa shape index (κ1) is 14.6. The van der Waals surface area contributed by atoms with Crippen LogP contribution in [0.2, 0.25) is 0 Å². The van der Waals surface area contributed by atoms with Crippen LogP contribution in [0.15, 0.2) is 0 Å². The summed E-state index contributed by atoms with van der Waals surface area (Å²) in [6, 6.07) is 0.735. The quantitative estimate of drug-likeness (QED) is 0.727. The van der Waals surface area contributed by atoms with E-state index < -0.39 is 5.60 Å². The Hall–Kier alpha value is -0.810. The minimum absolute atomic E-state index is 0.116. The Balaban J connectivity index is 2.08. The lowest BCUT2D eigenvalue weighted by Crippen LogP contribution is -2.67. The second kappa shape index (κ2) is 5.29. The van der Waals surface area contributed by atoms with Gasteiger partial charge in [0.25, 0.3) is 0 Å². The number of carbonyl (C=O) groups excluding carboxylic acids is 1. The van der Waals surface area contributed by atoms with Crippen molar-refractivity contribution in [1.82, 2.24) is 9.80 Å². The number of hydrogen-bond acceptors (Lipinski definition) is 4. The fraction of sp³-hybridized carbons (Fsp3) is 0.929. The molecule has 2 aliphatic rings. The zero-order valence-electron chi connectivity index (χ0n) is 12.7. The zero-order valence-corrected chi connectivity index (χ0v) is 12.7. The molecule has 0 aromatic heterocycles. The summed E-state index contributed by atoms with van der Waals surface area (Å²) in [6.07, 6.45) is -0.200. The van der Waals surface area contributed by atoms with Crippen molar-refractivity contribution in [3.8, 4) is 0 Å². The molecule has 2 atom stereocenters. The molecule has 0 aromatic rings. The third-order valence-corrected chi connectivity index (χ3v) is 3.63. The van der Waals surface area contributed by atoms with Crippen LogP contribution in [-0.2, 0) is 9.47 Å². The molecule has 2 saturated heterocycles. The van der Waals surface area contributed by atoms with Gasteiger partial charge in [0.05, 0.1) is 25.3 Å². The first-order valence-corrected chi connectivity index (χ1v) is 7.11. The molecule has 0 N–H and O–H groups in total. The van der Waals surface area contributed by atoms with Crippen molar-refractivity contribution in [2.24, 2.45) is 0 Å². The first-order chi connectivity index (χ1) is 8.78. The second-order valence-corrected chi connectivity index (χ2v) is 6.78. The van der Waals surface area contributed by atoms with E-state index in [1.165, 1.54) is 0 Å². The van der Waals surface area contributed by atoms with Gasteiger partial charge in [0.2, 0.25) is 0 Å². The highest BCUT2D eigenvalue weighted by atomic mass is 16.6. The number of carbonyl (C=O) groups is 1. The number of nitrogens with zero attached hydrogens (tertiary/aromatic N) is 2. The Morgan fingerprint density at radius 2 is 1.74 bits per heavy atom. The van der Waals surface area contributed by atoms with Crippen LogP contribution in [-0.4, -0.2) is 65.9 Å². The van der Waals surface area contributed by atoms with Crippen molar-refractivity contribution >= 4 is 6.09 Å². The van der Waals surface area contributed by atoms with E-state index in [-0.39, 0.29) is 18.2 Å². The van der Waals surface area contributed by atoms with Gasteiger partial charge in [-0.3, -0.25) is 9.80 Å². The maximum Gasteiger partial charge on any atom is 0.411 e. The van der Waals surface area contributed by atoms with Crippen LogP contribution >= 0.6 is 0 Å². The molecule has 2 aliphatic heterocycles. The molecule has 2 bridgehead atoms. The smallest absolute Gasteiger partial charge is 0.411 e. The van der Waals surface area contributed by atoms with Crippen LogP contribution in [0, 0.1) is 0 Å². The van der Waals surface area contributed by atoms with Gasteiger partial charge in [0, 0.05) is 19.1 Å². The third-order valence-electron chi connectivity index (χ3n) is 3.63. The fourth-order valence-corrected chi connectivity index (χ4v) is 2.73. The van der Waals surface area contributed by atoms with Gasteiger partial charge in [-0.1, -0.05) is 0 Å². The molecule has 5 nitrogen and oxygen atoms in total. The predicted molar refractivity (Wildman–Crippen MR) is 73.2 cm³/mol. The molecule has 0 aromatic carbocycles. The highest BCUT2D eigenvalue weighted by molar-refractivity contribution is 5.69. The summed E-state index contributed by atoms with van der Waals surface area (Å²) in [7, 11) is 0. The summed E-state index contributed by atoms with van der Waals surface area (Å²) in [6.45, 7) is 13.1. The Kier molecular flexibility index (Phi) is 4.06. The molecule has 0 saturated carbocycles. The summed E-state index contributed by atoms with van der Waals surface area (Å²) < 4.78 is 11.1. The van der Waals surface area contributed by atoms with E-state index in [0.29, 0.717) is 19.3 Å². The molecule has 2 heterocycles. The van der Waals surface area contributed by atoms with E-state index in [2.05, 4.69) is 18.7 Å². The first-order valence-electron chi connectivity index (χ1n) is 7.11. The predicted octanol–water partition coefficient (Wildman–Crippen LogP) is 1.71. The van der Waals surface area contributed by atoms with Gasteiger partial charge in [-0.05, 0) is 34.6 Å². The van der Waals surface area contributed by atoms with Gasteiger partial charge in [-0.2, -0.15) is 0 Å². The molecule has 2 fully saturated rings. The van der Waals surface area contributed by atoms with Crippen molar-refractivity contribution in [2.45, 2.75) is 58.3 Å². The van der Waals surface area contributed by atoms with Crippen molar-refractivity contribution in [2.75, 3.05) is 26.3 Å². The largest absolute Gasteiger partial charge is 0.444 e. The summed E-state index contributed by atoms with van der Waals surface area (Å²) in [4.78, 5) is 16.6. The average Bonchev–Trinajstić information content (AvgIpc) is 2.24. The molecule has 1 amide bonds. The van der Waals surface area contributed by atoms with Crippen LogP contribution in [0.25, 0.3) is 0 Å². The molecule has 2 unspecified atom stereocenters. The number of hydrogen-bond donors (Lipinski definition) is 0. The number of ether oxygens (including phenoxy) is 2. The SMILES string of the molecule is CC(C)N1CC2COCC(C1)N2C(=O)OC(C)(C)C. The molecule has 2 rings (SSSR count). The third kappa shape index (κ3) is 3.39. The molecular formula is C14H26N2O3. The normalized spacial score (nSPS) is 28.6. The van der Waals surface area contributed by atoms with Gasteiger partial charge in [-0.15, -0.1) is 0 Å². The average molecular weight is 270 g/mol. The van der Waals surface area contributed by atoms with Crippen molar-refractivity contribution in [3.63, 3.8) is 0 Å². The lowest BCUT2D eigenvalue weighted by Gasteiger charge is -2.50. The van der Waals surface area contributed by atoms with E-state index in [1.54, 1.807) is 0 Å². The Morgan fingerprint density at radius 3 is 2.16 bits per heavy atom. The van der Waals surface area contributed by atoms with Gasteiger partial charge in [-0.25, -0.2) is 4.79 Å². The second-order valence-electron chi connectivity index (χ2n) is 6.78. The van der Waals surface area contributed by atoms with E-state index >= 15 is 0 Å². The van der Waals surface area contributed by atoms with Crippen LogP contribution in [0.5, 0.6) is 0 Å². The summed E-state index contributed by atoms with van der Waals surface area (Å²) in [5, 5.41) is 0. The van der Waals surface area contributed by atoms with Gasteiger partial charge in [0.1, 0.15) is 5.60 Å².